The number of benzene rings is 1. The normalized spacial score (nSPS) is 15.6. The van der Waals surface area contributed by atoms with Crippen molar-refractivity contribution < 1.29 is 18.7 Å². The smallest absolute Gasteiger partial charge is 0.290 e. The molecule has 1 fully saturated rings. The first-order valence-electron chi connectivity index (χ1n) is 6.65. The number of furan rings is 1. The standard InChI is InChI=1S/C15H17NO4/c1-10-12-9-11(18-2)3-4-13(12)20-14(10)15(17)16-5-7-19-8-6-16/h3-4,9H,5-8H2,1-2H3. The summed E-state index contributed by atoms with van der Waals surface area (Å²) >= 11 is 0. The molecule has 0 N–H and O–H groups in total. The highest BCUT2D eigenvalue weighted by Crippen LogP contribution is 2.29. The van der Waals surface area contributed by atoms with Crippen LogP contribution >= 0.6 is 0 Å². The third-order valence-corrected chi connectivity index (χ3v) is 3.64. The van der Waals surface area contributed by atoms with Crippen molar-refractivity contribution in [1.29, 1.82) is 0 Å². The second-order valence-corrected chi connectivity index (χ2v) is 4.82. The number of ether oxygens (including phenoxy) is 2. The summed E-state index contributed by atoms with van der Waals surface area (Å²) in [5.74, 6) is 1.10. The third kappa shape index (κ3) is 2.14. The van der Waals surface area contributed by atoms with Gasteiger partial charge < -0.3 is 18.8 Å². The van der Waals surface area contributed by atoms with E-state index in [1.807, 2.05) is 25.1 Å². The number of carbonyl (C=O) groups excluding carboxylic acids is 1. The summed E-state index contributed by atoms with van der Waals surface area (Å²) in [6.45, 7) is 4.29. The summed E-state index contributed by atoms with van der Waals surface area (Å²) in [5.41, 5.74) is 1.57. The molecule has 1 aromatic carbocycles. The van der Waals surface area contributed by atoms with Crippen molar-refractivity contribution in [2.75, 3.05) is 33.4 Å². The average molecular weight is 275 g/mol. The van der Waals surface area contributed by atoms with Crippen molar-refractivity contribution in [3.63, 3.8) is 0 Å². The molecule has 1 amide bonds. The van der Waals surface area contributed by atoms with Gasteiger partial charge in [-0.15, -0.1) is 0 Å². The number of methoxy groups -OCH3 is 1. The topological polar surface area (TPSA) is 51.9 Å². The molecule has 0 saturated carbocycles. The molecular formula is C15H17NO4. The summed E-state index contributed by atoms with van der Waals surface area (Å²) in [4.78, 5) is 14.3. The zero-order valence-electron chi connectivity index (χ0n) is 11.6. The van der Waals surface area contributed by atoms with E-state index >= 15 is 0 Å². The summed E-state index contributed by atoms with van der Waals surface area (Å²) in [6.07, 6.45) is 0. The van der Waals surface area contributed by atoms with Crippen molar-refractivity contribution >= 4 is 16.9 Å². The summed E-state index contributed by atoms with van der Waals surface area (Å²) < 4.78 is 16.2. The summed E-state index contributed by atoms with van der Waals surface area (Å²) in [5, 5.41) is 0.918. The van der Waals surface area contributed by atoms with Crippen LogP contribution in [0.2, 0.25) is 0 Å². The Hall–Kier alpha value is -2.01. The fourth-order valence-corrected chi connectivity index (χ4v) is 2.44. The van der Waals surface area contributed by atoms with E-state index in [9.17, 15) is 4.79 Å². The highest BCUT2D eigenvalue weighted by Gasteiger charge is 2.24. The maximum atomic E-state index is 12.5. The lowest BCUT2D eigenvalue weighted by Gasteiger charge is -2.26. The Balaban J connectivity index is 1.98. The number of nitrogens with zero attached hydrogens (tertiary/aromatic N) is 1. The Morgan fingerprint density at radius 3 is 2.75 bits per heavy atom. The molecule has 5 heteroatoms. The molecule has 1 aliphatic rings. The van der Waals surface area contributed by atoms with Gasteiger partial charge in [-0.1, -0.05) is 0 Å². The van der Waals surface area contributed by atoms with Crippen LogP contribution in [0, 0.1) is 6.92 Å². The van der Waals surface area contributed by atoms with Gasteiger partial charge in [0.05, 0.1) is 20.3 Å². The van der Waals surface area contributed by atoms with Crippen molar-refractivity contribution in [2.45, 2.75) is 6.92 Å². The predicted octanol–water partition coefficient (Wildman–Crippen LogP) is 2.22. The number of hydrogen-bond acceptors (Lipinski definition) is 4. The van der Waals surface area contributed by atoms with Gasteiger partial charge in [0.2, 0.25) is 0 Å². The van der Waals surface area contributed by atoms with Gasteiger partial charge in [0, 0.05) is 24.0 Å². The first kappa shape index (κ1) is 13.0. The molecule has 0 radical (unpaired) electrons. The molecule has 1 saturated heterocycles. The minimum Gasteiger partial charge on any atom is -0.497 e. The Morgan fingerprint density at radius 1 is 1.30 bits per heavy atom. The van der Waals surface area contributed by atoms with Gasteiger partial charge in [0.1, 0.15) is 11.3 Å². The van der Waals surface area contributed by atoms with E-state index in [0.29, 0.717) is 37.6 Å². The van der Waals surface area contributed by atoms with E-state index in [2.05, 4.69) is 0 Å². The number of aryl methyl sites for hydroxylation is 1. The minimum absolute atomic E-state index is 0.0685. The molecule has 0 unspecified atom stereocenters. The van der Waals surface area contributed by atoms with E-state index in [1.54, 1.807) is 12.0 Å². The molecule has 106 valence electrons. The maximum absolute atomic E-state index is 12.5. The van der Waals surface area contributed by atoms with Gasteiger partial charge in [0.15, 0.2) is 5.76 Å². The quantitative estimate of drug-likeness (QED) is 0.843. The van der Waals surface area contributed by atoms with Gasteiger partial charge in [-0.25, -0.2) is 0 Å². The van der Waals surface area contributed by atoms with E-state index in [4.69, 9.17) is 13.9 Å². The zero-order chi connectivity index (χ0) is 14.1. The molecule has 20 heavy (non-hydrogen) atoms. The molecular weight excluding hydrogens is 258 g/mol. The number of fused-ring (bicyclic) bond motifs is 1. The molecule has 0 spiro atoms. The lowest BCUT2D eigenvalue weighted by atomic mass is 10.1. The molecule has 5 nitrogen and oxygen atoms in total. The highest BCUT2D eigenvalue weighted by atomic mass is 16.5. The van der Waals surface area contributed by atoms with E-state index in [1.165, 1.54) is 0 Å². The van der Waals surface area contributed by atoms with Gasteiger partial charge in [0.25, 0.3) is 5.91 Å². The fraction of sp³-hybridized carbons (Fsp3) is 0.400. The van der Waals surface area contributed by atoms with E-state index < -0.39 is 0 Å². The van der Waals surface area contributed by atoms with Crippen LogP contribution in [0.25, 0.3) is 11.0 Å². The van der Waals surface area contributed by atoms with Crippen LogP contribution in [0.3, 0.4) is 0 Å². The van der Waals surface area contributed by atoms with Crippen molar-refractivity contribution in [3.05, 3.63) is 29.5 Å². The Kier molecular flexibility index (Phi) is 3.36. The van der Waals surface area contributed by atoms with E-state index in [0.717, 1.165) is 16.7 Å². The minimum atomic E-state index is -0.0685. The number of morpholine rings is 1. The monoisotopic (exact) mass is 275 g/mol. The Labute approximate surface area is 117 Å². The molecule has 0 atom stereocenters. The van der Waals surface area contributed by atoms with Crippen LogP contribution in [-0.2, 0) is 4.74 Å². The number of rotatable bonds is 2. The van der Waals surface area contributed by atoms with Crippen LogP contribution in [0.1, 0.15) is 16.1 Å². The third-order valence-electron chi connectivity index (χ3n) is 3.64. The van der Waals surface area contributed by atoms with Gasteiger partial charge in [-0.05, 0) is 25.1 Å². The fourth-order valence-electron chi connectivity index (χ4n) is 2.44. The second kappa shape index (κ2) is 5.17. The van der Waals surface area contributed by atoms with E-state index in [-0.39, 0.29) is 5.91 Å². The average Bonchev–Trinajstić information content (AvgIpc) is 2.84. The second-order valence-electron chi connectivity index (χ2n) is 4.82. The maximum Gasteiger partial charge on any atom is 0.290 e. The molecule has 2 aromatic rings. The molecule has 1 aromatic heterocycles. The van der Waals surface area contributed by atoms with Crippen LogP contribution < -0.4 is 4.74 Å². The predicted molar refractivity (Wildman–Crippen MR) is 74.2 cm³/mol. The summed E-state index contributed by atoms with van der Waals surface area (Å²) in [7, 11) is 1.62. The van der Waals surface area contributed by atoms with Crippen LogP contribution in [-0.4, -0.2) is 44.2 Å². The number of hydrogen-bond donors (Lipinski definition) is 0. The molecule has 0 aliphatic carbocycles. The first-order chi connectivity index (χ1) is 9.70. The summed E-state index contributed by atoms with van der Waals surface area (Å²) in [6, 6.07) is 5.55. The first-order valence-corrected chi connectivity index (χ1v) is 6.65. The largest absolute Gasteiger partial charge is 0.497 e. The molecule has 1 aliphatic heterocycles. The zero-order valence-corrected chi connectivity index (χ0v) is 11.6. The van der Waals surface area contributed by atoms with Gasteiger partial charge in [-0.3, -0.25) is 4.79 Å². The molecule has 2 heterocycles. The van der Waals surface area contributed by atoms with Crippen LogP contribution in [0.4, 0.5) is 0 Å². The number of amides is 1. The van der Waals surface area contributed by atoms with Gasteiger partial charge >= 0.3 is 0 Å². The molecule has 3 rings (SSSR count). The van der Waals surface area contributed by atoms with Crippen molar-refractivity contribution in [2.24, 2.45) is 0 Å². The highest BCUT2D eigenvalue weighted by molar-refractivity contribution is 5.99. The number of carbonyl (C=O) groups is 1. The van der Waals surface area contributed by atoms with Crippen LogP contribution in [0.15, 0.2) is 22.6 Å². The lowest BCUT2D eigenvalue weighted by molar-refractivity contribution is 0.0283. The van der Waals surface area contributed by atoms with Crippen molar-refractivity contribution in [1.82, 2.24) is 4.90 Å². The Morgan fingerprint density at radius 2 is 2.05 bits per heavy atom. The van der Waals surface area contributed by atoms with Crippen molar-refractivity contribution in [3.8, 4) is 5.75 Å². The SMILES string of the molecule is COc1ccc2oc(C(=O)N3CCOCC3)c(C)c2c1. The van der Waals surface area contributed by atoms with Gasteiger partial charge in [-0.2, -0.15) is 0 Å². The van der Waals surface area contributed by atoms with Crippen LogP contribution in [0.5, 0.6) is 5.75 Å². The lowest BCUT2D eigenvalue weighted by Crippen LogP contribution is -2.40. The Bertz CT molecular complexity index is 641. The molecule has 0 bridgehead atoms.